The minimum absolute atomic E-state index is 0.0148. The van der Waals surface area contributed by atoms with E-state index < -0.39 is 0 Å². The van der Waals surface area contributed by atoms with Crippen LogP contribution in [0.2, 0.25) is 0 Å². The summed E-state index contributed by atoms with van der Waals surface area (Å²) in [6.45, 7) is 4.70. The molecule has 0 bridgehead atoms. The fraction of sp³-hybridized carbons (Fsp3) is 0.350. The number of carbonyl (C=O) groups is 1. The van der Waals surface area contributed by atoms with Crippen LogP contribution in [0.3, 0.4) is 0 Å². The number of aromatic nitrogens is 2. The molecule has 1 aromatic carbocycles. The fourth-order valence-electron chi connectivity index (χ4n) is 3.20. The summed E-state index contributed by atoms with van der Waals surface area (Å²) < 4.78 is 5.99. The second-order valence-corrected chi connectivity index (χ2v) is 8.95. The molecule has 5 nitrogen and oxygen atoms in total. The number of nitrogens with zero attached hydrogens (tertiary/aromatic N) is 1. The van der Waals surface area contributed by atoms with Crippen molar-refractivity contribution in [1.82, 2.24) is 9.97 Å². The second kappa shape index (κ2) is 7.22. The number of rotatable bonds is 5. The van der Waals surface area contributed by atoms with Crippen LogP contribution in [-0.2, 0) is 17.8 Å². The molecular weight excluding hydrogens is 380 g/mol. The Balaban J connectivity index is 1.60. The molecule has 1 aliphatic heterocycles. The van der Waals surface area contributed by atoms with E-state index >= 15 is 0 Å². The van der Waals surface area contributed by atoms with Gasteiger partial charge in [-0.25, -0.2) is 4.98 Å². The summed E-state index contributed by atoms with van der Waals surface area (Å²) in [5, 5.41) is 1.16. The number of benzene rings is 1. The lowest BCUT2D eigenvalue weighted by Crippen LogP contribution is -2.34. The molecule has 1 N–H and O–H groups in total. The first kappa shape index (κ1) is 18.4. The van der Waals surface area contributed by atoms with E-state index in [0.717, 1.165) is 28.1 Å². The SMILES string of the molecule is CC[C@]1(C)Cc2c(sc3nc(SCC(=O)c4ccccc4)[nH]c(=O)c23)CO1. The van der Waals surface area contributed by atoms with Gasteiger partial charge in [-0.3, -0.25) is 9.59 Å². The topological polar surface area (TPSA) is 72.0 Å². The van der Waals surface area contributed by atoms with E-state index in [0.29, 0.717) is 22.7 Å². The predicted molar refractivity (Wildman–Crippen MR) is 109 cm³/mol. The van der Waals surface area contributed by atoms with Crippen LogP contribution >= 0.6 is 23.1 Å². The first-order valence-electron chi connectivity index (χ1n) is 8.88. The summed E-state index contributed by atoms with van der Waals surface area (Å²) >= 11 is 2.78. The number of fused-ring (bicyclic) bond motifs is 3. The molecule has 2 aromatic heterocycles. The number of thioether (sulfide) groups is 1. The van der Waals surface area contributed by atoms with Gasteiger partial charge in [0.2, 0.25) is 0 Å². The standard InChI is InChI=1S/C20H20N2O3S2/c1-3-20(2)9-13-15(10-25-20)27-18-16(13)17(24)21-19(22-18)26-11-14(23)12-7-5-4-6-8-12/h4-8H,3,9-11H2,1-2H3,(H,21,22,24)/t20-/m1/s1. The van der Waals surface area contributed by atoms with Crippen molar-refractivity contribution in [3.05, 3.63) is 56.7 Å². The van der Waals surface area contributed by atoms with E-state index in [-0.39, 0.29) is 22.7 Å². The van der Waals surface area contributed by atoms with Crippen molar-refractivity contribution < 1.29 is 9.53 Å². The van der Waals surface area contributed by atoms with Gasteiger partial charge in [-0.05, 0) is 18.9 Å². The van der Waals surface area contributed by atoms with Gasteiger partial charge in [0.25, 0.3) is 5.56 Å². The zero-order valence-electron chi connectivity index (χ0n) is 15.2. The van der Waals surface area contributed by atoms with Crippen molar-refractivity contribution in [3.63, 3.8) is 0 Å². The molecule has 140 valence electrons. The van der Waals surface area contributed by atoms with Gasteiger partial charge >= 0.3 is 0 Å². The molecule has 0 radical (unpaired) electrons. The Morgan fingerprint density at radius 3 is 2.89 bits per heavy atom. The molecule has 7 heteroatoms. The quantitative estimate of drug-likeness (QED) is 0.395. The Morgan fingerprint density at radius 2 is 2.15 bits per heavy atom. The van der Waals surface area contributed by atoms with Crippen LogP contribution in [0.1, 0.15) is 41.1 Å². The average molecular weight is 401 g/mol. The summed E-state index contributed by atoms with van der Waals surface area (Å²) in [5.74, 6) is 0.251. The molecule has 0 aliphatic carbocycles. The van der Waals surface area contributed by atoms with Crippen molar-refractivity contribution in [3.8, 4) is 0 Å². The molecular formula is C20H20N2O3S2. The Labute approximate surface area is 165 Å². The molecule has 3 heterocycles. The summed E-state index contributed by atoms with van der Waals surface area (Å²) in [7, 11) is 0. The number of aromatic amines is 1. The molecule has 0 saturated carbocycles. The van der Waals surface area contributed by atoms with Crippen LogP contribution in [0.5, 0.6) is 0 Å². The molecule has 0 fully saturated rings. The van der Waals surface area contributed by atoms with E-state index in [9.17, 15) is 9.59 Å². The van der Waals surface area contributed by atoms with Gasteiger partial charge in [-0.15, -0.1) is 11.3 Å². The maximum absolute atomic E-state index is 12.7. The van der Waals surface area contributed by atoms with Crippen LogP contribution in [0.25, 0.3) is 10.2 Å². The Kier molecular flexibility index (Phi) is 4.92. The third-order valence-electron chi connectivity index (χ3n) is 5.01. The summed E-state index contributed by atoms with van der Waals surface area (Å²) in [4.78, 5) is 34.2. The van der Waals surface area contributed by atoms with Crippen LogP contribution in [0.15, 0.2) is 40.3 Å². The number of Topliss-reactive ketones (excluding diaryl/α,β-unsaturated/α-hetero) is 1. The van der Waals surface area contributed by atoms with E-state index in [1.54, 1.807) is 12.1 Å². The Bertz CT molecular complexity index is 1060. The lowest BCUT2D eigenvalue weighted by Gasteiger charge is -2.32. The van der Waals surface area contributed by atoms with Gasteiger partial charge in [0.15, 0.2) is 10.9 Å². The van der Waals surface area contributed by atoms with Crippen molar-refractivity contribution in [1.29, 1.82) is 0 Å². The normalized spacial score (nSPS) is 19.2. The van der Waals surface area contributed by atoms with Gasteiger partial charge < -0.3 is 9.72 Å². The first-order valence-corrected chi connectivity index (χ1v) is 10.7. The van der Waals surface area contributed by atoms with Gasteiger partial charge in [0.05, 0.1) is 23.3 Å². The smallest absolute Gasteiger partial charge is 0.260 e. The van der Waals surface area contributed by atoms with Crippen LogP contribution in [0.4, 0.5) is 0 Å². The van der Waals surface area contributed by atoms with E-state index in [1.807, 2.05) is 18.2 Å². The van der Waals surface area contributed by atoms with Crippen molar-refractivity contribution in [2.75, 3.05) is 5.75 Å². The zero-order valence-corrected chi connectivity index (χ0v) is 16.8. The number of hydrogen-bond donors (Lipinski definition) is 1. The van der Waals surface area contributed by atoms with Gasteiger partial charge in [-0.2, -0.15) is 0 Å². The lowest BCUT2D eigenvalue weighted by atomic mass is 9.90. The highest BCUT2D eigenvalue weighted by Gasteiger charge is 2.33. The Hall–Kier alpha value is -1.96. The molecule has 0 spiro atoms. The maximum Gasteiger partial charge on any atom is 0.260 e. The lowest BCUT2D eigenvalue weighted by molar-refractivity contribution is -0.0543. The Morgan fingerprint density at radius 1 is 1.37 bits per heavy atom. The van der Waals surface area contributed by atoms with Gasteiger partial charge in [-0.1, -0.05) is 49.0 Å². The third kappa shape index (κ3) is 3.59. The van der Waals surface area contributed by atoms with Crippen LogP contribution in [0, 0.1) is 0 Å². The summed E-state index contributed by atoms with van der Waals surface area (Å²) in [6, 6.07) is 9.14. The number of H-pyrrole nitrogens is 1. The van der Waals surface area contributed by atoms with E-state index in [4.69, 9.17) is 4.74 Å². The average Bonchev–Trinajstić information content (AvgIpc) is 3.04. The molecule has 0 saturated heterocycles. The number of thiophene rings is 1. The van der Waals surface area contributed by atoms with Crippen molar-refractivity contribution in [2.45, 2.75) is 44.1 Å². The summed E-state index contributed by atoms with van der Waals surface area (Å²) in [6.07, 6.45) is 1.62. The number of nitrogens with one attached hydrogen (secondary N) is 1. The maximum atomic E-state index is 12.7. The molecule has 1 atom stereocenters. The number of carbonyl (C=O) groups excluding carboxylic acids is 1. The first-order chi connectivity index (χ1) is 13.0. The fourth-order valence-corrected chi connectivity index (χ4v) is 5.11. The van der Waals surface area contributed by atoms with E-state index in [1.165, 1.54) is 23.1 Å². The molecule has 0 amide bonds. The second-order valence-electron chi connectivity index (χ2n) is 6.90. The van der Waals surface area contributed by atoms with Gasteiger partial charge in [0.1, 0.15) is 4.83 Å². The molecule has 27 heavy (non-hydrogen) atoms. The van der Waals surface area contributed by atoms with Gasteiger partial charge in [0, 0.05) is 16.9 Å². The van der Waals surface area contributed by atoms with E-state index in [2.05, 4.69) is 23.8 Å². The summed E-state index contributed by atoms with van der Waals surface area (Å²) in [5.41, 5.74) is 1.36. The molecule has 1 aliphatic rings. The zero-order chi connectivity index (χ0) is 19.0. The third-order valence-corrected chi connectivity index (χ3v) is 6.98. The van der Waals surface area contributed by atoms with Crippen molar-refractivity contribution in [2.24, 2.45) is 0 Å². The van der Waals surface area contributed by atoms with Crippen molar-refractivity contribution >= 4 is 39.1 Å². The highest BCUT2D eigenvalue weighted by Crippen LogP contribution is 2.38. The molecule has 3 aromatic rings. The monoisotopic (exact) mass is 400 g/mol. The molecule has 0 unspecified atom stereocenters. The van der Waals surface area contributed by atoms with Crippen LogP contribution in [-0.4, -0.2) is 27.1 Å². The molecule has 4 rings (SSSR count). The number of hydrogen-bond acceptors (Lipinski definition) is 6. The minimum Gasteiger partial charge on any atom is -0.369 e. The largest absolute Gasteiger partial charge is 0.369 e. The highest BCUT2D eigenvalue weighted by atomic mass is 32.2. The number of ketones is 1. The minimum atomic E-state index is -0.233. The van der Waals surface area contributed by atoms with Crippen LogP contribution < -0.4 is 5.56 Å². The highest BCUT2D eigenvalue weighted by molar-refractivity contribution is 7.99. The predicted octanol–water partition coefficient (Wildman–Crippen LogP) is 4.20. The number of ether oxygens (including phenoxy) is 1.